The Kier molecular flexibility index (Phi) is 7.87. The molecule has 0 aliphatic carbocycles. The number of aromatic nitrogens is 3. The first-order valence-corrected chi connectivity index (χ1v) is 13.2. The summed E-state index contributed by atoms with van der Waals surface area (Å²) in [5.41, 5.74) is 2.73. The fraction of sp³-hybridized carbons (Fsp3) is 0.357. The Hall–Kier alpha value is -3.53. The number of carbonyl (C=O) groups excluding carboxylic acids is 1. The lowest BCUT2D eigenvalue weighted by Gasteiger charge is -2.26. The van der Waals surface area contributed by atoms with E-state index in [9.17, 15) is 9.59 Å². The van der Waals surface area contributed by atoms with Gasteiger partial charge in [0.2, 0.25) is 0 Å². The molecule has 1 fully saturated rings. The van der Waals surface area contributed by atoms with Crippen molar-refractivity contribution in [3.63, 3.8) is 0 Å². The monoisotopic (exact) mass is 534 g/mol. The van der Waals surface area contributed by atoms with Crippen molar-refractivity contribution in [1.82, 2.24) is 24.2 Å². The topological polar surface area (TPSA) is 105 Å². The number of pyridine rings is 2. The van der Waals surface area contributed by atoms with Gasteiger partial charge in [0.25, 0.3) is 11.5 Å². The van der Waals surface area contributed by atoms with Crippen LogP contribution in [0, 0.1) is 12.3 Å². The van der Waals surface area contributed by atoms with E-state index in [1.165, 1.54) is 10.5 Å². The number of carbonyl (C=O) groups is 1. The zero-order valence-electron chi connectivity index (χ0n) is 21.4. The summed E-state index contributed by atoms with van der Waals surface area (Å²) in [4.78, 5) is 33.8. The molecular weight excluding hydrogens is 504 g/mol. The van der Waals surface area contributed by atoms with Gasteiger partial charge in [0, 0.05) is 37.4 Å². The SMILES string of the molecule is Cc1cccn2c(=O)c3cc(C(=O)NCCCN4CCOCC4)c(=N)n(CCc4ccc(Cl)cc4)c3nc12. The quantitative estimate of drug-likeness (QED) is 0.267. The summed E-state index contributed by atoms with van der Waals surface area (Å²) in [5, 5.41) is 12.8. The van der Waals surface area contributed by atoms with Crippen molar-refractivity contribution in [2.45, 2.75) is 26.3 Å². The second kappa shape index (κ2) is 11.5. The Morgan fingerprint density at radius 1 is 1.13 bits per heavy atom. The number of amides is 1. The lowest BCUT2D eigenvalue weighted by atomic mass is 10.1. The third-order valence-corrected chi connectivity index (χ3v) is 7.21. The summed E-state index contributed by atoms with van der Waals surface area (Å²) in [7, 11) is 0. The van der Waals surface area contributed by atoms with E-state index in [0.29, 0.717) is 41.2 Å². The lowest BCUT2D eigenvalue weighted by molar-refractivity contribution is 0.0374. The van der Waals surface area contributed by atoms with Crippen LogP contribution in [0.3, 0.4) is 0 Å². The highest BCUT2D eigenvalue weighted by molar-refractivity contribution is 6.30. The van der Waals surface area contributed by atoms with E-state index in [1.54, 1.807) is 16.8 Å². The predicted octanol–water partition coefficient (Wildman–Crippen LogP) is 2.79. The Bertz CT molecular complexity index is 1590. The van der Waals surface area contributed by atoms with E-state index in [2.05, 4.69) is 10.2 Å². The predicted molar refractivity (Wildman–Crippen MR) is 147 cm³/mol. The molecule has 198 valence electrons. The van der Waals surface area contributed by atoms with Crippen LogP contribution in [-0.2, 0) is 17.7 Å². The number of halogens is 1. The molecule has 0 bridgehead atoms. The van der Waals surface area contributed by atoms with E-state index in [0.717, 1.165) is 50.4 Å². The average molecular weight is 535 g/mol. The number of aryl methyl sites for hydroxylation is 3. The van der Waals surface area contributed by atoms with Crippen molar-refractivity contribution in [2.24, 2.45) is 0 Å². The standard InChI is InChI=1S/C28H31ClN6O3/c1-19-4-2-12-35-25(19)32-26-23(28(35)37)18-22(27(36)31-10-3-11-33-14-16-38-17-15-33)24(30)34(26)13-9-20-5-7-21(29)8-6-20/h2,4-8,12,18,30H,3,9-11,13-17H2,1H3,(H,31,36). The molecule has 0 radical (unpaired) electrons. The molecule has 1 aliphatic rings. The highest BCUT2D eigenvalue weighted by Gasteiger charge is 2.18. The number of nitrogens with one attached hydrogen (secondary N) is 2. The van der Waals surface area contributed by atoms with Gasteiger partial charge in [0.15, 0.2) is 0 Å². The molecule has 0 unspecified atom stereocenters. The van der Waals surface area contributed by atoms with Crippen LogP contribution in [0.25, 0.3) is 16.7 Å². The van der Waals surface area contributed by atoms with Gasteiger partial charge in [-0.1, -0.05) is 29.8 Å². The number of rotatable bonds is 8. The fourth-order valence-corrected chi connectivity index (χ4v) is 4.93. The number of nitrogens with zero attached hydrogens (tertiary/aromatic N) is 4. The van der Waals surface area contributed by atoms with Crippen molar-refractivity contribution < 1.29 is 9.53 Å². The largest absolute Gasteiger partial charge is 0.379 e. The summed E-state index contributed by atoms with van der Waals surface area (Å²) in [6, 6.07) is 12.7. The minimum atomic E-state index is -0.368. The maximum Gasteiger partial charge on any atom is 0.267 e. The molecule has 3 aromatic heterocycles. The normalized spacial score (nSPS) is 14.3. The van der Waals surface area contributed by atoms with Crippen molar-refractivity contribution in [3.05, 3.63) is 86.2 Å². The first-order chi connectivity index (χ1) is 18.4. The molecule has 9 nitrogen and oxygen atoms in total. The van der Waals surface area contributed by atoms with Crippen LogP contribution in [0.4, 0.5) is 0 Å². The number of morpholine rings is 1. The Morgan fingerprint density at radius 2 is 1.89 bits per heavy atom. The van der Waals surface area contributed by atoms with Crippen molar-refractivity contribution >= 4 is 34.2 Å². The van der Waals surface area contributed by atoms with Gasteiger partial charge in [-0.3, -0.25) is 24.3 Å². The maximum atomic E-state index is 13.5. The van der Waals surface area contributed by atoms with Crippen molar-refractivity contribution in [3.8, 4) is 0 Å². The summed E-state index contributed by atoms with van der Waals surface area (Å²) < 4.78 is 8.55. The van der Waals surface area contributed by atoms with Gasteiger partial charge < -0.3 is 14.6 Å². The number of hydrogen-bond donors (Lipinski definition) is 2. The summed E-state index contributed by atoms with van der Waals surface area (Å²) in [5.74, 6) is -0.368. The third kappa shape index (κ3) is 5.50. The number of hydrogen-bond acceptors (Lipinski definition) is 6. The molecule has 1 saturated heterocycles. The van der Waals surface area contributed by atoms with Gasteiger partial charge in [-0.15, -0.1) is 0 Å². The second-order valence-electron chi connectivity index (χ2n) is 9.54. The maximum absolute atomic E-state index is 13.5. The van der Waals surface area contributed by atoms with Crippen LogP contribution in [0.1, 0.15) is 27.9 Å². The molecule has 1 aromatic carbocycles. The minimum absolute atomic E-state index is 0.0296. The fourth-order valence-electron chi connectivity index (χ4n) is 4.80. The first kappa shape index (κ1) is 26.1. The van der Waals surface area contributed by atoms with Crippen LogP contribution in [0.2, 0.25) is 5.02 Å². The zero-order chi connectivity index (χ0) is 26.6. The summed E-state index contributed by atoms with van der Waals surface area (Å²) >= 11 is 6.04. The number of fused-ring (bicyclic) bond motifs is 2. The molecule has 4 aromatic rings. The molecule has 1 amide bonds. The van der Waals surface area contributed by atoms with Crippen LogP contribution < -0.4 is 16.4 Å². The van der Waals surface area contributed by atoms with Gasteiger partial charge in [-0.05, 0) is 61.7 Å². The molecule has 5 rings (SSSR count). The van der Waals surface area contributed by atoms with Gasteiger partial charge in [0.05, 0.1) is 24.2 Å². The van der Waals surface area contributed by atoms with Gasteiger partial charge >= 0.3 is 0 Å². The van der Waals surface area contributed by atoms with Crippen molar-refractivity contribution in [2.75, 3.05) is 39.4 Å². The van der Waals surface area contributed by atoms with Gasteiger partial charge in [-0.2, -0.15) is 0 Å². The smallest absolute Gasteiger partial charge is 0.267 e. The van der Waals surface area contributed by atoms with E-state index >= 15 is 0 Å². The van der Waals surface area contributed by atoms with Crippen molar-refractivity contribution in [1.29, 1.82) is 5.41 Å². The Morgan fingerprint density at radius 3 is 2.66 bits per heavy atom. The van der Waals surface area contributed by atoms with E-state index < -0.39 is 0 Å². The summed E-state index contributed by atoms with van der Waals surface area (Å²) in [6.07, 6.45) is 3.05. The molecule has 0 atom stereocenters. The Balaban J connectivity index is 1.48. The van der Waals surface area contributed by atoms with E-state index in [1.807, 2.05) is 37.3 Å². The van der Waals surface area contributed by atoms with Gasteiger partial charge in [-0.25, -0.2) is 4.98 Å². The molecule has 38 heavy (non-hydrogen) atoms. The molecule has 4 heterocycles. The molecule has 1 aliphatic heterocycles. The highest BCUT2D eigenvalue weighted by atomic mass is 35.5. The summed E-state index contributed by atoms with van der Waals surface area (Å²) in [6.45, 7) is 6.88. The molecule has 0 saturated carbocycles. The first-order valence-electron chi connectivity index (χ1n) is 12.9. The van der Waals surface area contributed by atoms with Gasteiger partial charge in [0.1, 0.15) is 16.8 Å². The highest BCUT2D eigenvalue weighted by Crippen LogP contribution is 2.15. The Labute approximate surface area is 225 Å². The van der Waals surface area contributed by atoms with E-state index in [4.69, 9.17) is 26.7 Å². The number of ether oxygens (including phenoxy) is 1. The zero-order valence-corrected chi connectivity index (χ0v) is 22.1. The number of benzene rings is 1. The lowest BCUT2D eigenvalue weighted by Crippen LogP contribution is -2.39. The minimum Gasteiger partial charge on any atom is -0.379 e. The third-order valence-electron chi connectivity index (χ3n) is 6.96. The van der Waals surface area contributed by atoms with Crippen LogP contribution >= 0.6 is 11.6 Å². The van der Waals surface area contributed by atoms with Crippen LogP contribution in [-0.4, -0.2) is 64.2 Å². The average Bonchev–Trinajstić information content (AvgIpc) is 2.92. The van der Waals surface area contributed by atoms with E-state index in [-0.39, 0.29) is 22.5 Å². The molecular formula is C28H31ClN6O3. The molecule has 0 spiro atoms. The van der Waals surface area contributed by atoms with Crippen LogP contribution in [0.5, 0.6) is 0 Å². The second-order valence-corrected chi connectivity index (χ2v) is 9.97. The van der Waals surface area contributed by atoms with Crippen LogP contribution in [0.15, 0.2) is 53.5 Å². The molecule has 2 N–H and O–H groups in total. The molecule has 10 heteroatoms.